The lowest BCUT2D eigenvalue weighted by molar-refractivity contribution is 0.129. The summed E-state index contributed by atoms with van der Waals surface area (Å²) in [6.45, 7) is 2.95. The fourth-order valence-corrected chi connectivity index (χ4v) is 1.24. The van der Waals surface area contributed by atoms with Crippen molar-refractivity contribution in [1.82, 2.24) is 0 Å². The Hall–Kier alpha value is -1.13. The number of anilines is 1. The first-order valence-corrected chi connectivity index (χ1v) is 4.92. The zero-order valence-corrected chi connectivity index (χ0v) is 9.09. The third-order valence-corrected chi connectivity index (χ3v) is 2.27. The third kappa shape index (κ3) is 3.49. The van der Waals surface area contributed by atoms with Gasteiger partial charge in [-0.2, -0.15) is 0 Å². The molecule has 0 fully saturated rings. The van der Waals surface area contributed by atoms with Gasteiger partial charge in [0.05, 0.1) is 6.10 Å². The quantitative estimate of drug-likeness (QED) is 0.781. The lowest BCUT2D eigenvalue weighted by atomic mass is 10.1. The molecule has 0 aliphatic rings. The van der Waals surface area contributed by atoms with E-state index in [9.17, 15) is 4.39 Å². The van der Waals surface area contributed by atoms with E-state index in [0.717, 1.165) is 11.3 Å². The van der Waals surface area contributed by atoms with Crippen molar-refractivity contribution in [3.05, 3.63) is 29.6 Å². The van der Waals surface area contributed by atoms with Crippen molar-refractivity contribution < 1.29 is 9.13 Å². The Kier molecular flexibility index (Phi) is 4.52. The second-order valence-corrected chi connectivity index (χ2v) is 3.43. The van der Waals surface area contributed by atoms with Crippen molar-refractivity contribution in [3.63, 3.8) is 0 Å². The number of hydrogen-bond acceptors (Lipinski definition) is 3. The van der Waals surface area contributed by atoms with Gasteiger partial charge in [-0.25, -0.2) is 4.39 Å². The lowest BCUT2D eigenvalue weighted by Gasteiger charge is -2.14. The minimum absolute atomic E-state index is 0.112. The maximum absolute atomic E-state index is 12.9. The van der Waals surface area contributed by atoms with Crippen LogP contribution in [-0.2, 0) is 11.3 Å². The molecule has 0 bridgehead atoms. The molecular formula is C11H17FN2O. The van der Waals surface area contributed by atoms with E-state index in [0.29, 0.717) is 13.1 Å². The van der Waals surface area contributed by atoms with Crippen LogP contribution in [0.3, 0.4) is 0 Å². The molecule has 1 rings (SSSR count). The van der Waals surface area contributed by atoms with Crippen molar-refractivity contribution in [2.45, 2.75) is 19.6 Å². The highest BCUT2D eigenvalue weighted by Crippen LogP contribution is 2.16. The second-order valence-electron chi connectivity index (χ2n) is 3.43. The Balaban J connectivity index is 2.67. The number of nitrogens with two attached hydrogens (primary N) is 1. The van der Waals surface area contributed by atoms with Gasteiger partial charge in [-0.3, -0.25) is 0 Å². The number of halogens is 1. The number of methoxy groups -OCH3 is 1. The second kappa shape index (κ2) is 5.68. The molecule has 15 heavy (non-hydrogen) atoms. The van der Waals surface area contributed by atoms with Gasteiger partial charge in [0.2, 0.25) is 0 Å². The summed E-state index contributed by atoms with van der Waals surface area (Å²) in [5.41, 5.74) is 7.16. The van der Waals surface area contributed by atoms with Crippen molar-refractivity contribution in [3.8, 4) is 0 Å². The Morgan fingerprint density at radius 3 is 2.87 bits per heavy atom. The molecule has 0 aromatic heterocycles. The summed E-state index contributed by atoms with van der Waals surface area (Å²) < 4.78 is 18.0. The van der Waals surface area contributed by atoms with Crippen LogP contribution >= 0.6 is 0 Å². The highest BCUT2D eigenvalue weighted by Gasteiger charge is 2.04. The van der Waals surface area contributed by atoms with E-state index in [-0.39, 0.29) is 11.9 Å². The number of hydrogen-bond donors (Lipinski definition) is 2. The van der Waals surface area contributed by atoms with Gasteiger partial charge in [0, 0.05) is 25.9 Å². The molecule has 0 saturated heterocycles. The molecule has 0 spiro atoms. The fourth-order valence-electron chi connectivity index (χ4n) is 1.24. The van der Waals surface area contributed by atoms with E-state index in [1.54, 1.807) is 13.2 Å². The monoisotopic (exact) mass is 212 g/mol. The Bertz CT molecular complexity index is 317. The average molecular weight is 212 g/mol. The largest absolute Gasteiger partial charge is 0.382 e. The molecule has 84 valence electrons. The molecule has 1 atom stereocenters. The summed E-state index contributed by atoms with van der Waals surface area (Å²) in [5.74, 6) is -0.263. The normalized spacial score (nSPS) is 12.5. The molecule has 1 aromatic carbocycles. The van der Waals surface area contributed by atoms with Crippen LogP contribution in [0, 0.1) is 5.82 Å². The van der Waals surface area contributed by atoms with Crippen LogP contribution in [0.4, 0.5) is 10.1 Å². The maximum atomic E-state index is 12.9. The number of benzene rings is 1. The lowest BCUT2D eigenvalue weighted by Crippen LogP contribution is -2.19. The molecule has 0 saturated carbocycles. The summed E-state index contributed by atoms with van der Waals surface area (Å²) >= 11 is 0. The van der Waals surface area contributed by atoms with E-state index >= 15 is 0 Å². The highest BCUT2D eigenvalue weighted by atomic mass is 19.1. The zero-order valence-electron chi connectivity index (χ0n) is 9.09. The van der Waals surface area contributed by atoms with Gasteiger partial charge < -0.3 is 15.8 Å². The van der Waals surface area contributed by atoms with Crippen molar-refractivity contribution in [1.29, 1.82) is 0 Å². The SMILES string of the molecule is COC(C)CNc1ccc(F)cc1CN. The molecule has 3 nitrogen and oxygen atoms in total. The van der Waals surface area contributed by atoms with Gasteiger partial charge in [-0.1, -0.05) is 0 Å². The van der Waals surface area contributed by atoms with E-state index in [4.69, 9.17) is 10.5 Å². The first kappa shape index (κ1) is 11.9. The fraction of sp³-hybridized carbons (Fsp3) is 0.455. The number of rotatable bonds is 5. The first-order chi connectivity index (χ1) is 7.17. The van der Waals surface area contributed by atoms with Crippen molar-refractivity contribution in [2.24, 2.45) is 5.73 Å². The van der Waals surface area contributed by atoms with Crippen LogP contribution in [0.25, 0.3) is 0 Å². The molecule has 1 unspecified atom stereocenters. The molecular weight excluding hydrogens is 195 g/mol. The summed E-state index contributed by atoms with van der Waals surface area (Å²) in [4.78, 5) is 0. The predicted octanol–water partition coefficient (Wildman–Crippen LogP) is 1.73. The van der Waals surface area contributed by atoms with E-state index in [1.165, 1.54) is 12.1 Å². The topological polar surface area (TPSA) is 47.3 Å². The minimum atomic E-state index is -0.263. The highest BCUT2D eigenvalue weighted by molar-refractivity contribution is 5.51. The van der Waals surface area contributed by atoms with E-state index < -0.39 is 0 Å². The summed E-state index contributed by atoms with van der Waals surface area (Å²) in [5, 5.41) is 3.17. The molecule has 0 radical (unpaired) electrons. The van der Waals surface area contributed by atoms with Crippen LogP contribution in [0.5, 0.6) is 0 Å². The third-order valence-electron chi connectivity index (χ3n) is 2.27. The van der Waals surface area contributed by atoms with E-state index in [2.05, 4.69) is 5.32 Å². The van der Waals surface area contributed by atoms with Gasteiger partial charge in [0.1, 0.15) is 5.82 Å². The van der Waals surface area contributed by atoms with Crippen LogP contribution in [0.2, 0.25) is 0 Å². The zero-order chi connectivity index (χ0) is 11.3. The number of nitrogens with one attached hydrogen (secondary N) is 1. The minimum Gasteiger partial charge on any atom is -0.382 e. The Morgan fingerprint density at radius 2 is 2.27 bits per heavy atom. The smallest absolute Gasteiger partial charge is 0.123 e. The maximum Gasteiger partial charge on any atom is 0.123 e. The standard InChI is InChI=1S/C11H17FN2O/c1-8(15-2)7-14-11-4-3-10(12)5-9(11)6-13/h3-5,8,14H,6-7,13H2,1-2H3. The molecule has 0 amide bonds. The van der Waals surface area contributed by atoms with Crippen molar-refractivity contribution >= 4 is 5.69 Å². The average Bonchev–Trinajstić information content (AvgIpc) is 2.26. The molecule has 4 heteroatoms. The molecule has 1 aromatic rings. The molecule has 0 heterocycles. The first-order valence-electron chi connectivity index (χ1n) is 4.92. The van der Waals surface area contributed by atoms with Gasteiger partial charge in [-0.05, 0) is 30.7 Å². The van der Waals surface area contributed by atoms with Crippen LogP contribution in [0.1, 0.15) is 12.5 Å². The summed E-state index contributed by atoms with van der Waals surface area (Å²) in [6, 6.07) is 4.55. The molecule has 0 aliphatic heterocycles. The summed E-state index contributed by atoms with van der Waals surface area (Å²) in [6.07, 6.45) is 0.112. The predicted molar refractivity (Wildman–Crippen MR) is 59.3 cm³/mol. The van der Waals surface area contributed by atoms with Gasteiger partial charge in [0.25, 0.3) is 0 Å². The van der Waals surface area contributed by atoms with Gasteiger partial charge in [-0.15, -0.1) is 0 Å². The Morgan fingerprint density at radius 1 is 1.53 bits per heavy atom. The number of ether oxygens (including phenoxy) is 1. The molecule has 3 N–H and O–H groups in total. The van der Waals surface area contributed by atoms with Crippen LogP contribution in [-0.4, -0.2) is 19.8 Å². The van der Waals surface area contributed by atoms with Crippen molar-refractivity contribution in [2.75, 3.05) is 19.0 Å². The van der Waals surface area contributed by atoms with Crippen LogP contribution < -0.4 is 11.1 Å². The van der Waals surface area contributed by atoms with Gasteiger partial charge >= 0.3 is 0 Å². The Labute approximate surface area is 89.4 Å². The van der Waals surface area contributed by atoms with Gasteiger partial charge in [0.15, 0.2) is 0 Å². The van der Waals surface area contributed by atoms with E-state index in [1.807, 2.05) is 6.92 Å². The summed E-state index contributed by atoms with van der Waals surface area (Å²) in [7, 11) is 1.65. The molecule has 0 aliphatic carbocycles. The van der Waals surface area contributed by atoms with Crippen LogP contribution in [0.15, 0.2) is 18.2 Å².